The summed E-state index contributed by atoms with van der Waals surface area (Å²) in [6.07, 6.45) is 9.91. The quantitative estimate of drug-likeness (QED) is 0.373. The largest absolute Gasteiger partial charge is 0.465 e. The molecular weight excluding hydrogens is 348 g/mol. The number of hydrogen-bond acceptors (Lipinski definition) is 2. The van der Waals surface area contributed by atoms with E-state index in [2.05, 4.69) is 31.9 Å². The van der Waals surface area contributed by atoms with E-state index >= 15 is 0 Å². The maximum absolute atomic E-state index is 11.9. The standard InChI is InChI=1S/C13H22Br2O2/c14-10-6-1-2-7-11-17-12(16)13(15)8-4-3-5-9-13/h1-11H2. The minimum Gasteiger partial charge on any atom is -0.465 e. The highest BCUT2D eigenvalue weighted by Gasteiger charge is 2.38. The van der Waals surface area contributed by atoms with Crippen LogP contribution in [0.15, 0.2) is 0 Å². The molecule has 0 amide bonds. The number of hydrogen-bond donors (Lipinski definition) is 0. The van der Waals surface area contributed by atoms with E-state index in [1.807, 2.05) is 0 Å². The summed E-state index contributed by atoms with van der Waals surface area (Å²) in [5.41, 5.74) is 0. The molecule has 0 unspecified atom stereocenters. The van der Waals surface area contributed by atoms with Crippen LogP contribution in [0.5, 0.6) is 0 Å². The zero-order valence-electron chi connectivity index (χ0n) is 10.4. The molecular formula is C13H22Br2O2. The summed E-state index contributed by atoms with van der Waals surface area (Å²) in [5, 5.41) is 1.07. The van der Waals surface area contributed by atoms with Gasteiger partial charge in [0.25, 0.3) is 0 Å². The van der Waals surface area contributed by atoms with Crippen LogP contribution in [0, 0.1) is 0 Å². The molecule has 1 fully saturated rings. The Labute approximate surface area is 121 Å². The van der Waals surface area contributed by atoms with E-state index in [1.165, 1.54) is 19.3 Å². The first-order valence-electron chi connectivity index (χ1n) is 6.61. The zero-order chi connectivity index (χ0) is 12.6. The number of rotatable bonds is 7. The Kier molecular flexibility index (Phi) is 7.76. The van der Waals surface area contributed by atoms with E-state index in [0.29, 0.717) is 6.61 Å². The van der Waals surface area contributed by atoms with E-state index in [4.69, 9.17) is 4.74 Å². The molecule has 0 spiro atoms. The fraction of sp³-hybridized carbons (Fsp3) is 0.923. The van der Waals surface area contributed by atoms with E-state index < -0.39 is 0 Å². The third-order valence-corrected chi connectivity index (χ3v) is 4.95. The summed E-state index contributed by atoms with van der Waals surface area (Å²) in [7, 11) is 0. The highest BCUT2D eigenvalue weighted by molar-refractivity contribution is 9.10. The molecule has 0 aromatic rings. The summed E-state index contributed by atoms with van der Waals surface area (Å²) in [6, 6.07) is 0. The number of ether oxygens (including phenoxy) is 1. The van der Waals surface area contributed by atoms with Gasteiger partial charge in [-0.2, -0.15) is 0 Å². The summed E-state index contributed by atoms with van der Waals surface area (Å²) in [5.74, 6) is -0.0438. The molecule has 2 nitrogen and oxygen atoms in total. The Bertz CT molecular complexity index is 225. The number of esters is 1. The maximum atomic E-state index is 11.9. The predicted molar refractivity (Wildman–Crippen MR) is 78.0 cm³/mol. The van der Waals surface area contributed by atoms with Gasteiger partial charge in [-0.3, -0.25) is 4.79 Å². The zero-order valence-corrected chi connectivity index (χ0v) is 13.5. The van der Waals surface area contributed by atoms with Crippen LogP contribution in [-0.4, -0.2) is 22.2 Å². The van der Waals surface area contributed by atoms with Gasteiger partial charge in [0, 0.05) is 5.33 Å². The molecule has 0 aromatic carbocycles. The number of alkyl halides is 2. The molecule has 0 radical (unpaired) electrons. The van der Waals surface area contributed by atoms with Gasteiger partial charge in [-0.25, -0.2) is 0 Å². The molecule has 0 bridgehead atoms. The lowest BCUT2D eigenvalue weighted by atomic mass is 9.89. The minimum absolute atomic E-state index is 0.0438. The van der Waals surface area contributed by atoms with E-state index in [1.54, 1.807) is 0 Å². The van der Waals surface area contributed by atoms with Crippen LogP contribution < -0.4 is 0 Å². The first kappa shape index (κ1) is 15.5. The van der Waals surface area contributed by atoms with Crippen molar-refractivity contribution in [3.05, 3.63) is 0 Å². The van der Waals surface area contributed by atoms with Gasteiger partial charge in [0.15, 0.2) is 0 Å². The smallest absolute Gasteiger partial charge is 0.322 e. The van der Waals surface area contributed by atoms with Gasteiger partial charge in [-0.05, 0) is 25.7 Å². The van der Waals surface area contributed by atoms with Crippen LogP contribution in [-0.2, 0) is 9.53 Å². The molecule has 100 valence electrons. The first-order chi connectivity index (χ1) is 8.19. The lowest BCUT2D eigenvalue weighted by Gasteiger charge is -2.29. The Morgan fingerprint density at radius 2 is 1.71 bits per heavy atom. The van der Waals surface area contributed by atoms with Crippen molar-refractivity contribution in [2.75, 3.05) is 11.9 Å². The van der Waals surface area contributed by atoms with Crippen LogP contribution in [0.3, 0.4) is 0 Å². The van der Waals surface area contributed by atoms with Gasteiger partial charge < -0.3 is 4.74 Å². The van der Waals surface area contributed by atoms with Crippen LogP contribution in [0.2, 0.25) is 0 Å². The minimum atomic E-state index is -0.374. The molecule has 1 aliphatic rings. The second kappa shape index (κ2) is 8.52. The molecule has 0 heterocycles. The van der Waals surface area contributed by atoms with Crippen LogP contribution in [0.4, 0.5) is 0 Å². The molecule has 1 saturated carbocycles. The molecule has 1 rings (SSSR count). The first-order valence-corrected chi connectivity index (χ1v) is 8.52. The Hall–Kier alpha value is 0.430. The van der Waals surface area contributed by atoms with Crippen LogP contribution >= 0.6 is 31.9 Å². The molecule has 0 atom stereocenters. The second-order valence-electron chi connectivity index (χ2n) is 4.77. The highest BCUT2D eigenvalue weighted by atomic mass is 79.9. The van der Waals surface area contributed by atoms with Crippen molar-refractivity contribution in [3.63, 3.8) is 0 Å². The van der Waals surface area contributed by atoms with Crippen LogP contribution in [0.25, 0.3) is 0 Å². The van der Waals surface area contributed by atoms with Crippen molar-refractivity contribution < 1.29 is 9.53 Å². The molecule has 0 aliphatic heterocycles. The van der Waals surface area contributed by atoms with Gasteiger partial charge in [0.1, 0.15) is 4.32 Å². The fourth-order valence-electron chi connectivity index (χ4n) is 2.16. The average molecular weight is 370 g/mol. The topological polar surface area (TPSA) is 26.3 Å². The molecule has 1 aliphatic carbocycles. The molecule has 0 aromatic heterocycles. The average Bonchev–Trinajstić information content (AvgIpc) is 2.34. The van der Waals surface area contributed by atoms with E-state index in [9.17, 15) is 4.79 Å². The van der Waals surface area contributed by atoms with Crippen molar-refractivity contribution in [1.82, 2.24) is 0 Å². The monoisotopic (exact) mass is 368 g/mol. The summed E-state index contributed by atoms with van der Waals surface area (Å²) < 4.78 is 4.99. The molecule has 0 N–H and O–H groups in total. The lowest BCUT2D eigenvalue weighted by Crippen LogP contribution is -2.36. The summed E-state index contributed by atoms with van der Waals surface area (Å²) >= 11 is 6.98. The van der Waals surface area contributed by atoms with Crippen molar-refractivity contribution >= 4 is 37.8 Å². The Morgan fingerprint density at radius 3 is 2.35 bits per heavy atom. The highest BCUT2D eigenvalue weighted by Crippen LogP contribution is 2.36. The van der Waals surface area contributed by atoms with Crippen LogP contribution in [0.1, 0.15) is 57.8 Å². The van der Waals surface area contributed by atoms with Gasteiger partial charge in [-0.15, -0.1) is 0 Å². The predicted octanol–water partition coefficient (Wildman–Crippen LogP) is 4.58. The summed E-state index contributed by atoms with van der Waals surface area (Å²) in [6.45, 7) is 0.578. The van der Waals surface area contributed by atoms with Gasteiger partial charge in [0.2, 0.25) is 0 Å². The van der Waals surface area contributed by atoms with Crippen molar-refractivity contribution in [1.29, 1.82) is 0 Å². The van der Waals surface area contributed by atoms with Gasteiger partial charge in [0.05, 0.1) is 6.61 Å². The number of halogens is 2. The Balaban J connectivity index is 2.11. The molecule has 0 saturated heterocycles. The van der Waals surface area contributed by atoms with Crippen molar-refractivity contribution in [3.8, 4) is 0 Å². The molecule has 17 heavy (non-hydrogen) atoms. The van der Waals surface area contributed by atoms with Gasteiger partial charge in [-0.1, -0.05) is 64.0 Å². The van der Waals surface area contributed by atoms with E-state index in [0.717, 1.165) is 43.9 Å². The number of unbranched alkanes of at least 4 members (excludes halogenated alkanes) is 3. The lowest BCUT2D eigenvalue weighted by molar-refractivity contribution is -0.147. The fourth-order valence-corrected chi connectivity index (χ4v) is 3.23. The summed E-state index contributed by atoms with van der Waals surface area (Å²) in [4.78, 5) is 11.9. The number of carbonyl (C=O) groups is 1. The third-order valence-electron chi connectivity index (χ3n) is 3.27. The van der Waals surface area contributed by atoms with Gasteiger partial charge >= 0.3 is 5.97 Å². The van der Waals surface area contributed by atoms with Crippen molar-refractivity contribution in [2.45, 2.75) is 62.1 Å². The maximum Gasteiger partial charge on any atom is 0.322 e. The molecule has 4 heteroatoms. The van der Waals surface area contributed by atoms with Crippen molar-refractivity contribution in [2.24, 2.45) is 0 Å². The SMILES string of the molecule is O=C(OCCCCCCBr)C1(Br)CCCCC1. The second-order valence-corrected chi connectivity index (χ2v) is 7.08. The Morgan fingerprint density at radius 1 is 1.06 bits per heavy atom. The third kappa shape index (κ3) is 5.73. The number of carbonyl (C=O) groups excluding carboxylic acids is 1. The van der Waals surface area contributed by atoms with E-state index in [-0.39, 0.29) is 10.3 Å². The normalized spacial score (nSPS) is 18.9.